The van der Waals surface area contributed by atoms with Crippen molar-refractivity contribution < 1.29 is 9.53 Å². The predicted molar refractivity (Wildman–Crippen MR) is 113 cm³/mol. The number of ether oxygens (including phenoxy) is 1. The summed E-state index contributed by atoms with van der Waals surface area (Å²) >= 11 is 0. The molecule has 0 radical (unpaired) electrons. The quantitative estimate of drug-likeness (QED) is 0.589. The molecule has 2 aromatic rings. The van der Waals surface area contributed by atoms with Gasteiger partial charge in [0.05, 0.1) is 6.20 Å². The van der Waals surface area contributed by atoms with Crippen LogP contribution in [-0.4, -0.2) is 72.3 Å². The zero-order chi connectivity index (χ0) is 20.8. The van der Waals surface area contributed by atoms with Crippen molar-refractivity contribution in [2.75, 3.05) is 40.8 Å². The molecule has 0 saturated carbocycles. The minimum Gasteiger partial charge on any atom is -0.484 e. The highest BCUT2D eigenvalue weighted by Crippen LogP contribution is 2.26. The summed E-state index contributed by atoms with van der Waals surface area (Å²) in [5.41, 5.74) is 2.35. The number of likely N-dealkylation sites (tertiary alicyclic amines) is 1. The Hall–Kier alpha value is -3.03. The van der Waals surface area contributed by atoms with E-state index in [-0.39, 0.29) is 12.5 Å². The molecule has 1 atom stereocenters. The van der Waals surface area contributed by atoms with Crippen molar-refractivity contribution in [3.63, 3.8) is 0 Å². The Morgan fingerprint density at radius 3 is 2.93 bits per heavy atom. The van der Waals surface area contributed by atoms with E-state index in [9.17, 15) is 4.79 Å². The van der Waals surface area contributed by atoms with Gasteiger partial charge in [-0.3, -0.25) is 14.5 Å². The summed E-state index contributed by atoms with van der Waals surface area (Å²) in [4.78, 5) is 19.9. The standard InChI is InChI=1S/C21H30N6O2/c1-22-21(27-9-8-17(14-27)18-12-24-26(4)13-18)23-11-16-6-5-7-19(10-16)29-15-20(28)25(2)3/h5-7,10,12-13,17H,8-9,11,14-15H2,1-4H3,(H,22,23). The fourth-order valence-electron chi connectivity index (χ4n) is 3.41. The molecule has 156 valence electrons. The minimum atomic E-state index is -0.0638. The molecular weight excluding hydrogens is 368 g/mol. The van der Waals surface area contributed by atoms with E-state index in [0.29, 0.717) is 18.2 Å². The van der Waals surface area contributed by atoms with Gasteiger partial charge in [0.2, 0.25) is 0 Å². The average Bonchev–Trinajstić information content (AvgIpc) is 3.36. The van der Waals surface area contributed by atoms with E-state index >= 15 is 0 Å². The van der Waals surface area contributed by atoms with Crippen molar-refractivity contribution in [1.29, 1.82) is 0 Å². The zero-order valence-corrected chi connectivity index (χ0v) is 17.6. The summed E-state index contributed by atoms with van der Waals surface area (Å²) in [6, 6.07) is 7.78. The molecule has 0 aliphatic carbocycles. The summed E-state index contributed by atoms with van der Waals surface area (Å²) in [6.07, 6.45) is 5.14. The van der Waals surface area contributed by atoms with Gasteiger partial charge in [-0.05, 0) is 29.7 Å². The Morgan fingerprint density at radius 2 is 2.24 bits per heavy atom. The number of nitrogens with zero attached hydrogens (tertiary/aromatic N) is 5. The molecule has 1 aromatic carbocycles. The van der Waals surface area contributed by atoms with Crippen LogP contribution in [0.25, 0.3) is 0 Å². The van der Waals surface area contributed by atoms with Crippen LogP contribution in [0.3, 0.4) is 0 Å². The van der Waals surface area contributed by atoms with Gasteiger partial charge < -0.3 is 19.9 Å². The first-order valence-corrected chi connectivity index (χ1v) is 9.82. The molecule has 0 bridgehead atoms. The summed E-state index contributed by atoms with van der Waals surface area (Å²) in [5.74, 6) is 2.00. The zero-order valence-electron chi connectivity index (χ0n) is 17.6. The number of aromatic nitrogens is 2. The van der Waals surface area contributed by atoms with E-state index in [1.165, 1.54) is 10.5 Å². The molecule has 1 amide bonds. The van der Waals surface area contributed by atoms with E-state index in [1.54, 1.807) is 14.1 Å². The Balaban J connectivity index is 1.53. The maximum atomic E-state index is 11.7. The van der Waals surface area contributed by atoms with Gasteiger partial charge >= 0.3 is 0 Å². The lowest BCUT2D eigenvalue weighted by Gasteiger charge is -2.21. The number of hydrogen-bond donors (Lipinski definition) is 1. The fourth-order valence-corrected chi connectivity index (χ4v) is 3.41. The molecule has 1 aliphatic rings. The molecule has 1 aromatic heterocycles. The minimum absolute atomic E-state index is 0.0368. The Labute approximate surface area is 172 Å². The first-order valence-electron chi connectivity index (χ1n) is 9.82. The molecule has 1 N–H and O–H groups in total. The molecule has 8 nitrogen and oxygen atoms in total. The third-order valence-electron chi connectivity index (χ3n) is 5.11. The van der Waals surface area contributed by atoms with Gasteiger partial charge in [-0.15, -0.1) is 0 Å². The van der Waals surface area contributed by atoms with Crippen molar-refractivity contribution in [3.05, 3.63) is 47.8 Å². The highest BCUT2D eigenvalue weighted by molar-refractivity contribution is 5.80. The van der Waals surface area contributed by atoms with E-state index < -0.39 is 0 Å². The van der Waals surface area contributed by atoms with Crippen LogP contribution in [0.1, 0.15) is 23.5 Å². The molecule has 0 spiro atoms. The summed E-state index contributed by atoms with van der Waals surface area (Å²) < 4.78 is 7.45. The number of likely N-dealkylation sites (N-methyl/N-ethyl adjacent to an activating group) is 1. The lowest BCUT2D eigenvalue weighted by molar-refractivity contribution is -0.130. The van der Waals surface area contributed by atoms with Crippen molar-refractivity contribution in [3.8, 4) is 5.75 Å². The normalized spacial score (nSPS) is 16.8. The van der Waals surface area contributed by atoms with Gasteiger partial charge in [-0.25, -0.2) is 0 Å². The number of aryl methyl sites for hydroxylation is 1. The number of nitrogens with one attached hydrogen (secondary N) is 1. The molecule has 1 unspecified atom stereocenters. The third kappa shape index (κ3) is 5.49. The number of aliphatic imine (C=N–C) groups is 1. The van der Waals surface area contributed by atoms with E-state index in [1.807, 2.05) is 49.2 Å². The summed E-state index contributed by atoms with van der Waals surface area (Å²) in [6.45, 7) is 2.57. The molecule has 8 heteroatoms. The monoisotopic (exact) mass is 398 g/mol. The Kier molecular flexibility index (Phi) is 6.74. The SMILES string of the molecule is CN=C(NCc1cccc(OCC(=O)N(C)C)c1)N1CCC(c2cnn(C)c2)C1. The number of benzene rings is 1. The van der Waals surface area contributed by atoms with Gasteiger partial charge in [-0.1, -0.05) is 12.1 Å². The average molecular weight is 399 g/mol. The molecular formula is C21H30N6O2. The highest BCUT2D eigenvalue weighted by atomic mass is 16.5. The molecule has 1 saturated heterocycles. The maximum absolute atomic E-state index is 11.7. The van der Waals surface area contributed by atoms with Crippen LogP contribution in [-0.2, 0) is 18.4 Å². The molecule has 2 heterocycles. The number of carbonyl (C=O) groups excluding carboxylic acids is 1. The highest BCUT2D eigenvalue weighted by Gasteiger charge is 2.26. The second-order valence-electron chi connectivity index (χ2n) is 7.50. The molecule has 3 rings (SSSR count). The topological polar surface area (TPSA) is 75.0 Å². The molecule has 1 fully saturated rings. The van der Waals surface area contributed by atoms with E-state index in [4.69, 9.17) is 4.74 Å². The van der Waals surface area contributed by atoms with Crippen molar-refractivity contribution >= 4 is 11.9 Å². The van der Waals surface area contributed by atoms with Crippen LogP contribution >= 0.6 is 0 Å². The Morgan fingerprint density at radius 1 is 1.41 bits per heavy atom. The second-order valence-corrected chi connectivity index (χ2v) is 7.50. The van der Waals surface area contributed by atoms with Gasteiger partial charge in [0.1, 0.15) is 5.75 Å². The van der Waals surface area contributed by atoms with E-state index in [0.717, 1.165) is 31.0 Å². The largest absolute Gasteiger partial charge is 0.484 e. The second kappa shape index (κ2) is 9.45. The van der Waals surface area contributed by atoms with Gasteiger partial charge in [0.15, 0.2) is 12.6 Å². The third-order valence-corrected chi connectivity index (χ3v) is 5.11. The summed E-state index contributed by atoms with van der Waals surface area (Å²) in [7, 11) is 7.20. The van der Waals surface area contributed by atoms with Crippen LogP contribution in [0, 0.1) is 0 Å². The molecule has 1 aliphatic heterocycles. The van der Waals surface area contributed by atoms with Gasteiger partial charge in [-0.2, -0.15) is 5.10 Å². The Bertz CT molecular complexity index is 860. The van der Waals surface area contributed by atoms with Gasteiger partial charge in [0.25, 0.3) is 5.91 Å². The van der Waals surface area contributed by atoms with Crippen LogP contribution in [0.5, 0.6) is 5.75 Å². The van der Waals surface area contributed by atoms with Crippen molar-refractivity contribution in [2.24, 2.45) is 12.0 Å². The van der Waals surface area contributed by atoms with Crippen LogP contribution in [0.15, 0.2) is 41.7 Å². The first-order chi connectivity index (χ1) is 14.0. The smallest absolute Gasteiger partial charge is 0.259 e. The lowest BCUT2D eigenvalue weighted by atomic mass is 10.0. The number of carbonyl (C=O) groups is 1. The van der Waals surface area contributed by atoms with Crippen LogP contribution < -0.4 is 10.1 Å². The fraction of sp³-hybridized carbons (Fsp3) is 0.476. The van der Waals surface area contributed by atoms with Crippen LogP contribution in [0.4, 0.5) is 0 Å². The lowest BCUT2D eigenvalue weighted by Crippen LogP contribution is -2.39. The molecule has 29 heavy (non-hydrogen) atoms. The number of rotatable bonds is 6. The number of guanidine groups is 1. The number of hydrogen-bond acceptors (Lipinski definition) is 4. The van der Waals surface area contributed by atoms with Gasteiger partial charge in [0, 0.05) is 59.9 Å². The summed E-state index contributed by atoms with van der Waals surface area (Å²) in [5, 5.41) is 7.73. The maximum Gasteiger partial charge on any atom is 0.259 e. The van der Waals surface area contributed by atoms with Crippen molar-refractivity contribution in [1.82, 2.24) is 24.9 Å². The van der Waals surface area contributed by atoms with E-state index in [2.05, 4.69) is 26.5 Å². The van der Waals surface area contributed by atoms with Crippen LogP contribution in [0.2, 0.25) is 0 Å². The number of amides is 1. The first kappa shape index (κ1) is 20.7. The van der Waals surface area contributed by atoms with Crippen molar-refractivity contribution in [2.45, 2.75) is 18.9 Å². The predicted octanol–water partition coefficient (Wildman–Crippen LogP) is 1.45.